The molecule has 1 aromatic heterocycles. The van der Waals surface area contributed by atoms with E-state index in [9.17, 15) is 9.59 Å². The predicted molar refractivity (Wildman–Crippen MR) is 59.5 cm³/mol. The van der Waals surface area contributed by atoms with Crippen molar-refractivity contribution in [1.29, 1.82) is 0 Å². The maximum Gasteiger partial charge on any atom is 0.308 e. The van der Waals surface area contributed by atoms with Crippen LogP contribution in [0.4, 0.5) is 5.13 Å². The minimum absolute atomic E-state index is 0.00405. The molecule has 0 aliphatic heterocycles. The van der Waals surface area contributed by atoms with Gasteiger partial charge in [0, 0.05) is 10.8 Å². The van der Waals surface area contributed by atoms with E-state index in [-0.39, 0.29) is 18.2 Å². The number of aromatic nitrogens is 1. The number of carbonyl (C=O) groups is 2. The van der Waals surface area contributed by atoms with Crippen molar-refractivity contribution in [3.8, 4) is 0 Å². The topological polar surface area (TPSA) is 79.3 Å². The highest BCUT2D eigenvalue weighted by Gasteiger charge is 2.30. The summed E-state index contributed by atoms with van der Waals surface area (Å²) < 4.78 is 0. The van der Waals surface area contributed by atoms with Crippen LogP contribution >= 0.6 is 11.3 Å². The van der Waals surface area contributed by atoms with Crippen molar-refractivity contribution in [2.45, 2.75) is 26.2 Å². The molecule has 2 rings (SSSR count). The van der Waals surface area contributed by atoms with Gasteiger partial charge in [-0.2, -0.15) is 0 Å². The second-order valence-electron chi connectivity index (χ2n) is 3.86. The van der Waals surface area contributed by atoms with Crippen LogP contribution in [0.3, 0.4) is 0 Å². The monoisotopic (exact) mass is 240 g/mol. The van der Waals surface area contributed by atoms with Crippen LogP contribution in [0.1, 0.15) is 23.4 Å². The average Bonchev–Trinajstić information content (AvgIpc) is 2.94. The van der Waals surface area contributed by atoms with Crippen molar-refractivity contribution >= 4 is 28.3 Å². The van der Waals surface area contributed by atoms with E-state index < -0.39 is 5.97 Å². The van der Waals surface area contributed by atoms with Crippen molar-refractivity contribution in [2.75, 3.05) is 5.32 Å². The summed E-state index contributed by atoms with van der Waals surface area (Å²) in [5.74, 6) is -0.755. The number of nitrogens with zero attached hydrogens (tertiary/aromatic N) is 1. The zero-order chi connectivity index (χ0) is 11.7. The number of carbonyl (C=O) groups excluding carboxylic acids is 1. The Morgan fingerprint density at radius 2 is 2.25 bits per heavy atom. The van der Waals surface area contributed by atoms with Crippen LogP contribution in [-0.2, 0) is 16.0 Å². The highest BCUT2D eigenvalue weighted by molar-refractivity contribution is 7.16. The molecule has 0 atom stereocenters. The lowest BCUT2D eigenvalue weighted by Gasteiger charge is -1.97. The first kappa shape index (κ1) is 11.1. The molecule has 0 aromatic carbocycles. The predicted octanol–water partition coefficient (Wildman–Crippen LogP) is 1.43. The second-order valence-corrected chi connectivity index (χ2v) is 4.95. The van der Waals surface area contributed by atoms with Gasteiger partial charge >= 0.3 is 5.97 Å². The maximum absolute atomic E-state index is 11.5. The van der Waals surface area contributed by atoms with Crippen molar-refractivity contribution in [1.82, 2.24) is 4.98 Å². The van der Waals surface area contributed by atoms with E-state index in [0.717, 1.165) is 12.8 Å². The number of nitrogens with one attached hydrogen (secondary N) is 1. The third-order valence-electron chi connectivity index (χ3n) is 2.38. The highest BCUT2D eigenvalue weighted by Crippen LogP contribution is 2.31. The van der Waals surface area contributed by atoms with Crippen LogP contribution in [0.5, 0.6) is 0 Å². The molecule has 86 valence electrons. The van der Waals surface area contributed by atoms with Crippen molar-refractivity contribution in [3.05, 3.63) is 10.6 Å². The molecular formula is C10H12N2O3S. The molecule has 1 aromatic rings. The van der Waals surface area contributed by atoms with Crippen molar-refractivity contribution < 1.29 is 14.7 Å². The zero-order valence-electron chi connectivity index (χ0n) is 8.82. The molecule has 16 heavy (non-hydrogen) atoms. The van der Waals surface area contributed by atoms with E-state index >= 15 is 0 Å². The minimum Gasteiger partial charge on any atom is -0.481 e. The third kappa shape index (κ3) is 2.57. The number of thiazole rings is 1. The molecule has 0 unspecified atom stereocenters. The van der Waals surface area contributed by atoms with Gasteiger partial charge in [-0.3, -0.25) is 9.59 Å². The van der Waals surface area contributed by atoms with Gasteiger partial charge in [-0.15, -0.1) is 11.3 Å². The SMILES string of the molecule is Cc1nc(NC(=O)C2CC2)sc1CC(=O)O. The first-order valence-electron chi connectivity index (χ1n) is 5.05. The van der Waals surface area contributed by atoms with E-state index in [1.54, 1.807) is 6.92 Å². The lowest BCUT2D eigenvalue weighted by atomic mass is 10.3. The van der Waals surface area contributed by atoms with Gasteiger partial charge in [0.15, 0.2) is 5.13 Å². The fourth-order valence-corrected chi connectivity index (χ4v) is 2.29. The summed E-state index contributed by atoms with van der Waals surface area (Å²) in [6.45, 7) is 1.75. The summed E-state index contributed by atoms with van der Waals surface area (Å²) in [4.78, 5) is 26.8. The Morgan fingerprint density at radius 3 is 2.81 bits per heavy atom. The Balaban J connectivity index is 2.04. The van der Waals surface area contributed by atoms with Gasteiger partial charge in [-0.05, 0) is 19.8 Å². The fourth-order valence-electron chi connectivity index (χ4n) is 1.34. The summed E-state index contributed by atoms with van der Waals surface area (Å²) in [6, 6.07) is 0. The molecule has 1 fully saturated rings. The summed E-state index contributed by atoms with van der Waals surface area (Å²) in [5.41, 5.74) is 0.679. The van der Waals surface area contributed by atoms with Crippen LogP contribution in [-0.4, -0.2) is 22.0 Å². The van der Waals surface area contributed by atoms with Gasteiger partial charge in [0.1, 0.15) is 0 Å². The lowest BCUT2D eigenvalue weighted by molar-refractivity contribution is -0.136. The molecule has 1 heterocycles. The van der Waals surface area contributed by atoms with Crippen molar-refractivity contribution in [3.63, 3.8) is 0 Å². The van der Waals surface area contributed by atoms with E-state index in [2.05, 4.69) is 10.3 Å². The Hall–Kier alpha value is -1.43. The van der Waals surface area contributed by atoms with Gasteiger partial charge < -0.3 is 10.4 Å². The number of carboxylic acid groups (broad SMARTS) is 1. The third-order valence-corrected chi connectivity index (χ3v) is 3.46. The Labute approximate surface area is 96.5 Å². The Bertz CT molecular complexity index is 437. The first-order valence-corrected chi connectivity index (χ1v) is 5.87. The number of hydrogen-bond acceptors (Lipinski definition) is 4. The first-order chi connectivity index (χ1) is 7.56. The molecule has 1 saturated carbocycles. The Morgan fingerprint density at radius 1 is 1.56 bits per heavy atom. The van der Waals surface area contributed by atoms with Gasteiger partial charge in [0.05, 0.1) is 12.1 Å². The van der Waals surface area contributed by atoms with Crippen LogP contribution < -0.4 is 5.32 Å². The minimum atomic E-state index is -0.883. The molecule has 1 aliphatic carbocycles. The van der Waals surface area contributed by atoms with Gasteiger partial charge in [-0.1, -0.05) is 0 Å². The van der Waals surface area contributed by atoms with E-state index in [0.29, 0.717) is 15.7 Å². The largest absolute Gasteiger partial charge is 0.481 e. The summed E-state index contributed by atoms with van der Waals surface area (Å²) in [6.07, 6.45) is 1.85. The molecule has 0 spiro atoms. The van der Waals surface area contributed by atoms with E-state index in [1.807, 2.05) is 0 Å². The van der Waals surface area contributed by atoms with Crippen LogP contribution in [0, 0.1) is 12.8 Å². The molecular weight excluding hydrogens is 228 g/mol. The van der Waals surface area contributed by atoms with Crippen LogP contribution in [0.15, 0.2) is 0 Å². The van der Waals surface area contributed by atoms with Crippen LogP contribution in [0.25, 0.3) is 0 Å². The van der Waals surface area contributed by atoms with E-state index in [4.69, 9.17) is 5.11 Å². The number of carboxylic acids is 1. The van der Waals surface area contributed by atoms with Gasteiger partial charge in [0.25, 0.3) is 0 Å². The number of aryl methyl sites for hydroxylation is 1. The van der Waals surface area contributed by atoms with Crippen molar-refractivity contribution in [2.24, 2.45) is 5.92 Å². The number of anilines is 1. The summed E-state index contributed by atoms with van der Waals surface area (Å²) in [7, 11) is 0. The maximum atomic E-state index is 11.5. The fraction of sp³-hybridized carbons (Fsp3) is 0.500. The molecule has 6 heteroatoms. The van der Waals surface area contributed by atoms with Gasteiger partial charge in [-0.25, -0.2) is 4.98 Å². The standard InChI is InChI=1S/C10H12N2O3S/c1-5-7(4-8(13)14)16-10(11-5)12-9(15)6-2-3-6/h6H,2-4H2,1H3,(H,13,14)(H,11,12,15). The molecule has 5 nitrogen and oxygen atoms in total. The normalized spacial score (nSPS) is 14.8. The van der Waals surface area contributed by atoms with Crippen LogP contribution in [0.2, 0.25) is 0 Å². The van der Waals surface area contributed by atoms with E-state index in [1.165, 1.54) is 11.3 Å². The number of hydrogen-bond donors (Lipinski definition) is 2. The summed E-state index contributed by atoms with van der Waals surface area (Å²) in [5, 5.41) is 11.9. The molecule has 1 amide bonds. The molecule has 0 bridgehead atoms. The zero-order valence-corrected chi connectivity index (χ0v) is 9.63. The number of rotatable bonds is 4. The smallest absolute Gasteiger partial charge is 0.308 e. The lowest BCUT2D eigenvalue weighted by Crippen LogP contribution is -2.12. The molecule has 2 N–H and O–H groups in total. The molecule has 0 radical (unpaired) electrons. The summed E-state index contributed by atoms with van der Waals surface area (Å²) >= 11 is 1.24. The van der Waals surface area contributed by atoms with Gasteiger partial charge in [0.2, 0.25) is 5.91 Å². The molecule has 1 aliphatic rings. The number of aliphatic carboxylic acids is 1. The Kier molecular flexibility index (Phi) is 2.91. The average molecular weight is 240 g/mol. The quantitative estimate of drug-likeness (QED) is 0.834. The highest BCUT2D eigenvalue weighted by atomic mass is 32.1. The second kappa shape index (κ2) is 4.21. The number of amides is 1. The molecule has 0 saturated heterocycles.